The van der Waals surface area contributed by atoms with Crippen LogP contribution in [-0.4, -0.2) is 56.4 Å². The molecule has 258 valence electrons. The second-order valence-corrected chi connectivity index (χ2v) is 15.4. The molecular formula is C45H41N5O2. The number of hydrogen-bond acceptors (Lipinski definition) is 4. The van der Waals surface area contributed by atoms with E-state index in [9.17, 15) is 9.59 Å². The van der Waals surface area contributed by atoms with Crippen molar-refractivity contribution in [3.05, 3.63) is 131 Å². The molecule has 0 radical (unpaired) electrons. The molecule has 5 aromatic rings. The molecule has 0 unspecified atom stereocenters. The number of aromatic nitrogens is 2. The van der Waals surface area contributed by atoms with Gasteiger partial charge in [0.1, 0.15) is 5.82 Å². The minimum Gasteiger partial charge on any atom is -0.340 e. The number of imidazole rings is 1. The molecule has 4 heterocycles. The van der Waals surface area contributed by atoms with Crippen LogP contribution in [0.3, 0.4) is 0 Å². The number of likely N-dealkylation sites (tertiary alicyclic amines) is 2. The summed E-state index contributed by atoms with van der Waals surface area (Å²) in [5.74, 6) is 8.10. The Morgan fingerprint density at radius 1 is 0.692 bits per heavy atom. The first kappa shape index (κ1) is 31.3. The lowest BCUT2D eigenvalue weighted by Crippen LogP contribution is -2.45. The number of carbonyl (C=O) groups is 2. The number of carbonyl (C=O) groups excluding carboxylic acids is 2. The second kappa shape index (κ2) is 12.1. The van der Waals surface area contributed by atoms with Gasteiger partial charge in [0, 0.05) is 36.3 Å². The molecule has 4 fully saturated rings. The van der Waals surface area contributed by atoms with Gasteiger partial charge in [-0.15, -0.1) is 0 Å². The van der Waals surface area contributed by atoms with Crippen LogP contribution < -0.4 is 0 Å². The number of H-pyrrole nitrogens is 1. The molecule has 4 aromatic carbocycles. The smallest absolute Gasteiger partial charge is 0.233 e. The van der Waals surface area contributed by atoms with Gasteiger partial charge in [-0.3, -0.25) is 14.6 Å². The molecule has 2 aliphatic carbocycles. The first-order chi connectivity index (χ1) is 25.5. The minimum atomic E-state index is -0.374. The Morgan fingerprint density at radius 3 is 1.90 bits per heavy atom. The summed E-state index contributed by atoms with van der Waals surface area (Å²) in [6.45, 7) is 1.57. The van der Waals surface area contributed by atoms with Crippen molar-refractivity contribution >= 4 is 34.2 Å². The Bertz CT molecular complexity index is 2320. The van der Waals surface area contributed by atoms with Gasteiger partial charge in [0.25, 0.3) is 0 Å². The van der Waals surface area contributed by atoms with Crippen LogP contribution in [0.4, 0.5) is 5.69 Å². The van der Waals surface area contributed by atoms with Crippen LogP contribution in [0, 0.1) is 11.8 Å². The summed E-state index contributed by atoms with van der Waals surface area (Å²) in [6, 6.07) is 33.0. The standard InChI is InChI=1S/C45H41N5O2/c51-42(44(21-22-44)33-9-3-1-4-10-33)49-25-7-13-39(49)38-29-32-19-17-30(27-36(32)46-38)15-16-31-18-20-35-37(28-31)48-41(47-35)40-14-8-26-50(40)43(52)45(23-24-45)34-11-5-2-6-12-34/h1-6,9-12,17-20,27-28,39-40H,7-8,13-14,21-26,29H2,(H,47,48)/t39-,40-/m0/s1. The Kier molecular flexibility index (Phi) is 7.25. The third kappa shape index (κ3) is 5.19. The highest BCUT2D eigenvalue weighted by atomic mass is 16.2. The average Bonchev–Trinajstić information content (AvgIpc) is 3.87. The number of rotatable bonds is 6. The number of aromatic amines is 1. The minimum absolute atomic E-state index is 0.0411. The number of fused-ring (bicyclic) bond motifs is 2. The van der Waals surface area contributed by atoms with E-state index in [2.05, 4.69) is 75.2 Å². The monoisotopic (exact) mass is 683 g/mol. The van der Waals surface area contributed by atoms with Gasteiger partial charge in [0.05, 0.1) is 39.6 Å². The van der Waals surface area contributed by atoms with Crippen LogP contribution in [0.25, 0.3) is 11.0 Å². The summed E-state index contributed by atoms with van der Waals surface area (Å²) in [5.41, 5.74) is 8.47. The van der Waals surface area contributed by atoms with Crippen molar-refractivity contribution in [2.75, 3.05) is 13.1 Å². The predicted molar refractivity (Wildman–Crippen MR) is 202 cm³/mol. The zero-order valence-corrected chi connectivity index (χ0v) is 29.3. The average molecular weight is 684 g/mol. The van der Waals surface area contributed by atoms with Crippen LogP contribution in [0.5, 0.6) is 0 Å². The highest BCUT2D eigenvalue weighted by Gasteiger charge is 2.56. The van der Waals surface area contributed by atoms with Crippen LogP contribution >= 0.6 is 0 Å². The number of amides is 2. The predicted octanol–water partition coefficient (Wildman–Crippen LogP) is 7.71. The SMILES string of the molecule is O=C(N1CCC[C@H]1C1=Nc2cc(C#Cc3ccc4nc([C@@H]5CCCN5C(=O)C5(c6ccccc6)CC5)[nH]c4c3)ccc2C1)C1(c2ccccc2)CC1. The Morgan fingerprint density at radius 2 is 1.27 bits per heavy atom. The summed E-state index contributed by atoms with van der Waals surface area (Å²) in [5, 5.41) is 0. The van der Waals surface area contributed by atoms with Gasteiger partial charge in [0.2, 0.25) is 11.8 Å². The first-order valence-electron chi connectivity index (χ1n) is 19.0. The normalized spacial score (nSPS) is 22.1. The molecule has 2 saturated carbocycles. The van der Waals surface area contributed by atoms with Gasteiger partial charge in [-0.25, -0.2) is 4.98 Å². The van der Waals surface area contributed by atoms with Crippen molar-refractivity contribution in [1.29, 1.82) is 0 Å². The molecule has 10 rings (SSSR count). The largest absolute Gasteiger partial charge is 0.340 e. The number of nitrogens with zero attached hydrogens (tertiary/aromatic N) is 4. The van der Waals surface area contributed by atoms with Crippen molar-refractivity contribution in [3.63, 3.8) is 0 Å². The van der Waals surface area contributed by atoms with Crippen molar-refractivity contribution < 1.29 is 9.59 Å². The number of nitrogens with one attached hydrogen (secondary N) is 1. The molecule has 52 heavy (non-hydrogen) atoms. The maximum atomic E-state index is 14.0. The van der Waals surface area contributed by atoms with E-state index in [0.29, 0.717) is 0 Å². The molecule has 7 nitrogen and oxygen atoms in total. The fourth-order valence-electron chi connectivity index (χ4n) is 9.10. The van der Waals surface area contributed by atoms with Crippen molar-refractivity contribution in [2.24, 2.45) is 4.99 Å². The maximum Gasteiger partial charge on any atom is 0.233 e. The van der Waals surface area contributed by atoms with E-state index in [-0.39, 0.29) is 34.7 Å². The zero-order valence-electron chi connectivity index (χ0n) is 29.3. The second-order valence-electron chi connectivity index (χ2n) is 15.4. The van der Waals surface area contributed by atoms with E-state index in [4.69, 9.17) is 9.98 Å². The lowest BCUT2D eigenvalue weighted by Gasteiger charge is -2.29. The van der Waals surface area contributed by atoms with Gasteiger partial charge < -0.3 is 14.8 Å². The Hall–Kier alpha value is -5.48. The summed E-state index contributed by atoms with van der Waals surface area (Å²) >= 11 is 0. The van der Waals surface area contributed by atoms with Crippen LogP contribution in [0.15, 0.2) is 102 Å². The Labute approximate surface area is 304 Å². The molecule has 0 bridgehead atoms. The zero-order chi connectivity index (χ0) is 34.9. The van der Waals surface area contributed by atoms with E-state index in [0.717, 1.165) is 121 Å². The summed E-state index contributed by atoms with van der Waals surface area (Å²) in [6.07, 6.45) is 8.34. The van der Waals surface area contributed by atoms with Gasteiger partial charge >= 0.3 is 0 Å². The molecule has 2 atom stereocenters. The maximum absolute atomic E-state index is 14.0. The number of benzene rings is 4. The molecule has 5 aliphatic rings. The number of hydrogen-bond donors (Lipinski definition) is 1. The van der Waals surface area contributed by atoms with Crippen molar-refractivity contribution in [3.8, 4) is 11.8 Å². The van der Waals surface area contributed by atoms with Crippen molar-refractivity contribution in [1.82, 2.24) is 19.8 Å². The highest BCUT2D eigenvalue weighted by Crippen LogP contribution is 2.52. The molecule has 7 heteroatoms. The summed E-state index contributed by atoms with van der Waals surface area (Å²) in [4.78, 5) is 45.7. The van der Waals surface area contributed by atoms with Crippen LogP contribution in [-0.2, 0) is 26.8 Å². The van der Waals surface area contributed by atoms with E-state index in [1.807, 2.05) is 48.5 Å². The first-order valence-corrected chi connectivity index (χ1v) is 19.0. The molecule has 0 spiro atoms. The molecule has 3 aliphatic heterocycles. The fraction of sp³-hybridized carbons (Fsp3) is 0.333. The van der Waals surface area contributed by atoms with E-state index in [1.165, 1.54) is 5.56 Å². The quantitative estimate of drug-likeness (QED) is 0.186. The molecule has 2 amide bonds. The van der Waals surface area contributed by atoms with Crippen LogP contribution in [0.2, 0.25) is 0 Å². The lowest BCUT2D eigenvalue weighted by atomic mass is 9.93. The van der Waals surface area contributed by atoms with E-state index in [1.54, 1.807) is 0 Å². The van der Waals surface area contributed by atoms with Crippen molar-refractivity contribution in [2.45, 2.75) is 80.7 Å². The van der Waals surface area contributed by atoms with Gasteiger partial charge in [-0.2, -0.15) is 0 Å². The molecule has 1 aromatic heterocycles. The summed E-state index contributed by atoms with van der Waals surface area (Å²) in [7, 11) is 0. The molecular weight excluding hydrogens is 643 g/mol. The molecule has 1 N–H and O–H groups in total. The lowest BCUT2D eigenvalue weighted by molar-refractivity contribution is -0.135. The topological polar surface area (TPSA) is 81.7 Å². The van der Waals surface area contributed by atoms with Gasteiger partial charge in [0.15, 0.2) is 0 Å². The summed E-state index contributed by atoms with van der Waals surface area (Å²) < 4.78 is 0. The van der Waals surface area contributed by atoms with E-state index < -0.39 is 0 Å². The Balaban J connectivity index is 0.851. The van der Waals surface area contributed by atoms with Gasteiger partial charge in [-0.05, 0) is 98.4 Å². The third-order valence-corrected chi connectivity index (χ3v) is 12.3. The van der Waals surface area contributed by atoms with Crippen LogP contribution in [0.1, 0.15) is 91.1 Å². The highest BCUT2D eigenvalue weighted by molar-refractivity contribution is 6.02. The fourth-order valence-corrected chi connectivity index (χ4v) is 9.10. The van der Waals surface area contributed by atoms with Gasteiger partial charge in [-0.1, -0.05) is 78.6 Å². The molecule has 2 saturated heterocycles. The van der Waals surface area contributed by atoms with E-state index >= 15 is 0 Å². The third-order valence-electron chi connectivity index (χ3n) is 12.3. The number of aliphatic imine (C=N–C) groups is 1.